The summed E-state index contributed by atoms with van der Waals surface area (Å²) in [7, 11) is -3.99. The zero-order chi connectivity index (χ0) is 23.0. The van der Waals surface area contributed by atoms with Crippen LogP contribution in [0.4, 0.5) is 0 Å². The summed E-state index contributed by atoms with van der Waals surface area (Å²) in [4.78, 5) is 0.198. The van der Waals surface area contributed by atoms with E-state index >= 15 is 0 Å². The molecule has 6 heteroatoms. The minimum Gasteiger partial charge on any atom is -0.190 e. The minimum absolute atomic E-state index is 0.198. The van der Waals surface area contributed by atoms with E-state index in [1.165, 1.54) is 0 Å². The fourth-order valence-corrected chi connectivity index (χ4v) is 9.28. The number of benzene rings is 6. The highest BCUT2D eigenvalue weighted by atomic mass is 127. The molecule has 7 rings (SSSR count). The Labute approximate surface area is 212 Å². The number of halogens is 2. The van der Waals surface area contributed by atoms with Crippen LogP contribution >= 0.6 is 11.6 Å². The molecule has 0 heterocycles. The lowest BCUT2D eigenvalue weighted by molar-refractivity contribution is -0.836. The van der Waals surface area contributed by atoms with Gasteiger partial charge in [0, 0.05) is 10.9 Å². The topological polar surface area (TPSA) is 43.4 Å². The number of hydrogen-bond donors (Lipinski definition) is 0. The average Bonchev–Trinajstić information content (AvgIpc) is 2.85. The van der Waals surface area contributed by atoms with Gasteiger partial charge in [0.2, 0.25) is 0 Å². The maximum atomic E-state index is 13.5. The molecule has 6 aromatic carbocycles. The van der Waals surface area contributed by atoms with Gasteiger partial charge in [-0.1, -0.05) is 90.5 Å². The summed E-state index contributed by atoms with van der Waals surface area (Å²) in [6.07, 6.45) is 0. The van der Waals surface area contributed by atoms with E-state index in [0.29, 0.717) is 10.4 Å². The van der Waals surface area contributed by atoms with Crippen LogP contribution in [0.2, 0.25) is 5.02 Å². The van der Waals surface area contributed by atoms with Crippen LogP contribution in [0.5, 0.6) is 0 Å². The summed E-state index contributed by atoms with van der Waals surface area (Å²) in [6.45, 7) is 0. The lowest BCUT2D eigenvalue weighted by Gasteiger charge is -2.23. The molecule has 0 aliphatic heterocycles. The Hall–Kier alpha value is -2.71. The summed E-state index contributed by atoms with van der Waals surface area (Å²) >= 11 is 5.18. The molecule has 0 spiro atoms. The highest BCUT2D eigenvalue weighted by molar-refractivity contribution is 7.86. The maximum Gasteiger partial charge on any atom is 0.543 e. The van der Waals surface area contributed by atoms with Crippen molar-refractivity contribution in [3.63, 3.8) is 0 Å². The maximum absolute atomic E-state index is 13.5. The molecule has 1 aliphatic rings. The van der Waals surface area contributed by atoms with Crippen LogP contribution in [0.25, 0.3) is 54.6 Å². The van der Waals surface area contributed by atoms with E-state index in [4.69, 9.17) is 14.1 Å². The molecule has 1 aliphatic carbocycles. The summed E-state index contributed by atoms with van der Waals surface area (Å²) in [5.74, 6) is 0. The molecular formula is C28H15ClIO3S+. The van der Waals surface area contributed by atoms with E-state index < -0.39 is 31.7 Å². The summed E-state index contributed by atoms with van der Waals surface area (Å²) in [5.41, 5.74) is 4.37. The van der Waals surface area contributed by atoms with Crippen molar-refractivity contribution in [2.45, 2.75) is 4.90 Å². The molecule has 0 atom stereocenters. The van der Waals surface area contributed by atoms with Gasteiger partial charge in [-0.2, -0.15) is 8.42 Å². The van der Waals surface area contributed by atoms with Crippen molar-refractivity contribution in [1.82, 2.24) is 0 Å². The third-order valence-corrected chi connectivity index (χ3v) is 11.8. The molecule has 0 bridgehead atoms. The zero-order valence-electron chi connectivity index (χ0n) is 17.5. The van der Waals surface area contributed by atoms with Crippen molar-refractivity contribution in [1.29, 1.82) is 0 Å². The first-order valence-corrected chi connectivity index (χ1v) is 14.4. The fraction of sp³-hybridized carbons (Fsp3) is 0. The van der Waals surface area contributed by atoms with Gasteiger partial charge in [0.05, 0.1) is 5.02 Å². The van der Waals surface area contributed by atoms with Crippen LogP contribution in [0, 0.1) is 3.57 Å². The van der Waals surface area contributed by atoms with Gasteiger partial charge in [-0.3, -0.25) is 0 Å². The fourth-order valence-electron chi connectivity index (χ4n) is 5.02. The second-order valence-corrected chi connectivity index (χ2v) is 12.8. The Kier molecular flexibility index (Phi) is 4.49. The van der Waals surface area contributed by atoms with Gasteiger partial charge in [0.25, 0.3) is 3.57 Å². The molecule has 0 aromatic heterocycles. The SMILES string of the molecule is O=S(=O)(O[I+]c1c(Cl)ccc2c1-c1ccccc1-2)c1ccc2ccc3cccc4ccc1c2c34. The van der Waals surface area contributed by atoms with E-state index in [0.717, 1.165) is 52.8 Å². The highest BCUT2D eigenvalue weighted by Crippen LogP contribution is 2.47. The third-order valence-electron chi connectivity index (χ3n) is 6.53. The molecule has 0 N–H and O–H groups in total. The molecule has 0 saturated carbocycles. The lowest BCUT2D eigenvalue weighted by atomic mass is 9.81. The normalized spacial score (nSPS) is 12.7. The van der Waals surface area contributed by atoms with Gasteiger partial charge >= 0.3 is 31.7 Å². The molecular weight excluding hydrogens is 579 g/mol. The number of fused-ring (bicyclic) bond motifs is 4. The monoisotopic (exact) mass is 593 g/mol. The van der Waals surface area contributed by atoms with Crippen molar-refractivity contribution >= 4 is 54.0 Å². The van der Waals surface area contributed by atoms with Crippen LogP contribution < -0.4 is 21.6 Å². The Balaban J connectivity index is 1.33. The Morgan fingerprint density at radius 3 is 2.12 bits per heavy atom. The van der Waals surface area contributed by atoms with Crippen molar-refractivity contribution in [3.05, 3.63) is 99.6 Å². The molecule has 164 valence electrons. The Morgan fingerprint density at radius 2 is 1.32 bits per heavy atom. The van der Waals surface area contributed by atoms with Gasteiger partial charge in [-0.15, -0.1) is 0 Å². The van der Waals surface area contributed by atoms with E-state index in [1.54, 1.807) is 6.07 Å². The van der Waals surface area contributed by atoms with Crippen LogP contribution in [0.15, 0.2) is 95.9 Å². The minimum atomic E-state index is -3.99. The first-order chi connectivity index (χ1) is 16.5. The number of hydrogen-bond acceptors (Lipinski definition) is 3. The molecule has 34 heavy (non-hydrogen) atoms. The van der Waals surface area contributed by atoms with Gasteiger partial charge < -0.3 is 0 Å². The standard InChI is InChI=1S/C28H15ClIO3S/c29-23-14-13-21-19-6-1-2-7-20(19)27(21)28(23)30-33-34(31,32)24-15-11-18-9-8-16-4-3-5-17-10-12-22(24)26(18)25(16)17/h1-15H/q+1. The molecule has 0 unspecified atom stereocenters. The zero-order valence-corrected chi connectivity index (χ0v) is 21.3. The van der Waals surface area contributed by atoms with Crippen molar-refractivity contribution in [3.8, 4) is 22.3 Å². The molecule has 6 aromatic rings. The molecule has 0 fully saturated rings. The van der Waals surface area contributed by atoms with Gasteiger partial charge in [0.15, 0.2) is 0 Å². The summed E-state index contributed by atoms with van der Waals surface area (Å²) < 4.78 is 33.5. The molecule has 0 radical (unpaired) electrons. The van der Waals surface area contributed by atoms with E-state index in [1.807, 2.05) is 60.7 Å². The van der Waals surface area contributed by atoms with Crippen molar-refractivity contribution in [2.75, 3.05) is 0 Å². The Morgan fingerprint density at radius 1 is 0.647 bits per heavy atom. The van der Waals surface area contributed by atoms with E-state index in [9.17, 15) is 8.42 Å². The van der Waals surface area contributed by atoms with Crippen LogP contribution in [-0.4, -0.2) is 8.42 Å². The molecule has 3 nitrogen and oxygen atoms in total. The van der Waals surface area contributed by atoms with E-state index in [-0.39, 0.29) is 4.90 Å². The van der Waals surface area contributed by atoms with Gasteiger partial charge in [0.1, 0.15) is 4.90 Å². The number of rotatable bonds is 4. The van der Waals surface area contributed by atoms with E-state index in [2.05, 4.69) is 24.3 Å². The second-order valence-electron chi connectivity index (χ2n) is 8.34. The third kappa shape index (κ3) is 2.88. The molecule has 0 amide bonds. The van der Waals surface area contributed by atoms with Crippen LogP contribution in [-0.2, 0) is 12.6 Å². The smallest absolute Gasteiger partial charge is 0.190 e. The molecule has 0 saturated heterocycles. The largest absolute Gasteiger partial charge is 0.543 e. The quantitative estimate of drug-likeness (QED) is 0.224. The first kappa shape index (κ1) is 20.6. The predicted molar refractivity (Wildman–Crippen MR) is 133 cm³/mol. The Bertz CT molecular complexity index is 1880. The van der Waals surface area contributed by atoms with Crippen LogP contribution in [0.3, 0.4) is 0 Å². The van der Waals surface area contributed by atoms with Crippen LogP contribution in [0.1, 0.15) is 0 Å². The second kappa shape index (κ2) is 7.39. The van der Waals surface area contributed by atoms with Crippen molar-refractivity contribution in [2.24, 2.45) is 0 Å². The van der Waals surface area contributed by atoms with Gasteiger partial charge in [-0.25, -0.2) is 0 Å². The van der Waals surface area contributed by atoms with Crippen molar-refractivity contribution < 1.29 is 32.6 Å². The predicted octanol–water partition coefficient (Wildman–Crippen LogP) is 4.46. The highest BCUT2D eigenvalue weighted by Gasteiger charge is 2.38. The van der Waals surface area contributed by atoms with Gasteiger partial charge in [-0.05, 0) is 58.3 Å². The first-order valence-electron chi connectivity index (χ1n) is 10.7. The summed E-state index contributed by atoms with van der Waals surface area (Å²) in [5, 5.41) is 6.45. The average molecular weight is 594 g/mol. The summed E-state index contributed by atoms with van der Waals surface area (Å²) in [6, 6.07) is 29.5. The lowest BCUT2D eigenvalue weighted by Crippen LogP contribution is -3.62.